The first-order chi connectivity index (χ1) is 11.7. The van der Waals surface area contributed by atoms with Crippen LogP contribution in [0.15, 0.2) is 60.7 Å². The smallest absolute Gasteiger partial charge is 0.282 e. The van der Waals surface area contributed by atoms with Gasteiger partial charge in [0.2, 0.25) is 5.01 Å². The van der Waals surface area contributed by atoms with Gasteiger partial charge in [0.25, 0.3) is 5.91 Å². The van der Waals surface area contributed by atoms with Crippen LogP contribution in [0.5, 0.6) is 0 Å². The Balaban J connectivity index is 1.66. The quantitative estimate of drug-likeness (QED) is 0.746. The average Bonchev–Trinajstić information content (AvgIpc) is 3.12. The zero-order valence-electron chi connectivity index (χ0n) is 12.6. The first-order valence-corrected chi connectivity index (χ1v) is 8.50. The van der Waals surface area contributed by atoms with E-state index in [1.54, 1.807) is 6.08 Å². The van der Waals surface area contributed by atoms with Gasteiger partial charge in [0.15, 0.2) is 5.01 Å². The first-order valence-electron chi connectivity index (χ1n) is 7.30. The van der Waals surface area contributed by atoms with Gasteiger partial charge in [0, 0.05) is 6.54 Å². The van der Waals surface area contributed by atoms with E-state index in [2.05, 4.69) is 15.5 Å². The summed E-state index contributed by atoms with van der Waals surface area (Å²) in [6.07, 6.45) is 1.80. The number of nitrogens with zero attached hydrogens (tertiary/aromatic N) is 2. The number of amides is 1. The Bertz CT molecular complexity index is 847. The second kappa shape index (κ2) is 7.86. The minimum Gasteiger partial charge on any atom is -0.346 e. The second-order valence-corrected chi connectivity index (χ2v) is 6.37. The van der Waals surface area contributed by atoms with Crippen LogP contribution in [-0.4, -0.2) is 16.1 Å². The van der Waals surface area contributed by atoms with Gasteiger partial charge in [-0.15, -0.1) is 10.2 Å². The van der Waals surface area contributed by atoms with Crippen molar-refractivity contribution in [1.29, 1.82) is 0 Å². The predicted octanol–water partition coefficient (Wildman–Crippen LogP) is 4.21. The van der Waals surface area contributed by atoms with Gasteiger partial charge < -0.3 is 5.32 Å². The molecule has 0 spiro atoms. The minimum atomic E-state index is -0.258. The molecule has 0 aliphatic carbocycles. The van der Waals surface area contributed by atoms with Gasteiger partial charge in [0.05, 0.1) is 5.03 Å². The Hall–Kier alpha value is -2.50. The Morgan fingerprint density at radius 3 is 2.33 bits per heavy atom. The van der Waals surface area contributed by atoms with Gasteiger partial charge in [-0.2, -0.15) is 0 Å². The molecule has 1 N–H and O–H groups in total. The van der Waals surface area contributed by atoms with Gasteiger partial charge in [0.1, 0.15) is 0 Å². The van der Waals surface area contributed by atoms with Gasteiger partial charge >= 0.3 is 0 Å². The summed E-state index contributed by atoms with van der Waals surface area (Å²) in [5.74, 6) is -0.258. The molecule has 1 amide bonds. The zero-order valence-corrected chi connectivity index (χ0v) is 14.2. The summed E-state index contributed by atoms with van der Waals surface area (Å²) >= 11 is 7.44. The Kier molecular flexibility index (Phi) is 5.36. The fraction of sp³-hybridized carbons (Fsp3) is 0.0556. The lowest BCUT2D eigenvalue weighted by molar-refractivity contribution is 0.0950. The molecule has 0 saturated carbocycles. The number of halogens is 1. The van der Waals surface area contributed by atoms with Gasteiger partial charge in [-0.05, 0) is 17.2 Å². The van der Waals surface area contributed by atoms with Crippen molar-refractivity contribution in [3.8, 4) is 0 Å². The van der Waals surface area contributed by atoms with E-state index in [1.807, 2.05) is 60.7 Å². The summed E-state index contributed by atoms with van der Waals surface area (Å²) in [6, 6.07) is 19.4. The number of carbonyl (C=O) groups is 1. The lowest BCUT2D eigenvalue weighted by atomic mass is 10.2. The van der Waals surface area contributed by atoms with E-state index in [1.165, 1.54) is 11.3 Å². The number of hydrogen-bond donors (Lipinski definition) is 1. The maximum absolute atomic E-state index is 12.1. The van der Waals surface area contributed by atoms with Crippen LogP contribution in [0.4, 0.5) is 0 Å². The summed E-state index contributed by atoms with van der Waals surface area (Å²) in [5.41, 5.74) is 1.99. The number of hydrogen-bond acceptors (Lipinski definition) is 4. The molecule has 6 heteroatoms. The third-order valence-corrected chi connectivity index (χ3v) is 4.57. The highest BCUT2D eigenvalue weighted by atomic mass is 35.5. The highest BCUT2D eigenvalue weighted by Gasteiger charge is 2.14. The van der Waals surface area contributed by atoms with Crippen molar-refractivity contribution in [2.45, 2.75) is 6.54 Å². The summed E-state index contributed by atoms with van der Waals surface area (Å²) in [6.45, 7) is 0.447. The van der Waals surface area contributed by atoms with Crippen LogP contribution in [0.1, 0.15) is 25.9 Å². The molecule has 1 heterocycles. The van der Waals surface area contributed by atoms with Crippen LogP contribution < -0.4 is 5.32 Å². The summed E-state index contributed by atoms with van der Waals surface area (Å²) in [7, 11) is 0. The van der Waals surface area contributed by atoms with Crippen LogP contribution in [0.25, 0.3) is 11.1 Å². The van der Waals surface area contributed by atoms with Crippen molar-refractivity contribution in [2.75, 3.05) is 0 Å². The maximum Gasteiger partial charge on any atom is 0.282 e. The Morgan fingerprint density at radius 2 is 1.62 bits per heavy atom. The highest BCUT2D eigenvalue weighted by molar-refractivity contribution is 7.15. The topological polar surface area (TPSA) is 54.9 Å². The molecule has 0 fully saturated rings. The van der Waals surface area contributed by atoms with E-state index in [9.17, 15) is 4.79 Å². The maximum atomic E-state index is 12.1. The SMILES string of the molecule is O=C(NCc1ccccc1)c1nnc(/C(Cl)=C/c2ccccc2)s1. The minimum absolute atomic E-state index is 0.258. The van der Waals surface area contributed by atoms with Gasteiger partial charge in [-0.3, -0.25) is 4.79 Å². The lowest BCUT2D eigenvalue weighted by Gasteiger charge is -2.02. The van der Waals surface area contributed by atoms with Crippen molar-refractivity contribution in [3.05, 3.63) is 81.8 Å². The van der Waals surface area contributed by atoms with Crippen molar-refractivity contribution in [2.24, 2.45) is 0 Å². The van der Waals surface area contributed by atoms with Gasteiger partial charge in [-0.25, -0.2) is 0 Å². The van der Waals surface area contributed by atoms with E-state index >= 15 is 0 Å². The molecular formula is C18H14ClN3OS. The molecule has 2 aromatic carbocycles. The third kappa shape index (κ3) is 4.28. The number of benzene rings is 2. The molecule has 3 rings (SSSR count). The Labute approximate surface area is 148 Å². The van der Waals surface area contributed by atoms with Crippen LogP contribution in [0.3, 0.4) is 0 Å². The van der Waals surface area contributed by atoms with Crippen LogP contribution >= 0.6 is 22.9 Å². The monoisotopic (exact) mass is 355 g/mol. The molecule has 120 valence electrons. The second-order valence-electron chi connectivity index (χ2n) is 4.98. The molecule has 0 unspecified atom stereocenters. The summed E-state index contributed by atoms with van der Waals surface area (Å²) in [5, 5.41) is 12.0. The highest BCUT2D eigenvalue weighted by Crippen LogP contribution is 2.25. The van der Waals surface area contributed by atoms with Crippen LogP contribution in [-0.2, 0) is 6.54 Å². The van der Waals surface area contributed by atoms with Crippen molar-refractivity contribution in [3.63, 3.8) is 0 Å². The molecular weight excluding hydrogens is 342 g/mol. The summed E-state index contributed by atoms with van der Waals surface area (Å²) < 4.78 is 0. The first kappa shape index (κ1) is 16.4. The van der Waals surface area contributed by atoms with Crippen molar-refractivity contribution >= 4 is 40.0 Å². The Morgan fingerprint density at radius 1 is 1.00 bits per heavy atom. The molecule has 24 heavy (non-hydrogen) atoms. The standard InChI is InChI=1S/C18H14ClN3OS/c19-15(11-13-7-3-1-4-8-13)17-21-22-18(24-17)16(23)20-12-14-9-5-2-6-10-14/h1-11H,12H2,(H,20,23)/b15-11-. The molecule has 3 aromatic rings. The van der Waals surface area contributed by atoms with E-state index < -0.39 is 0 Å². The third-order valence-electron chi connectivity index (χ3n) is 3.21. The molecule has 0 aliphatic heterocycles. The normalized spacial score (nSPS) is 11.3. The number of carbonyl (C=O) groups excluding carboxylic acids is 1. The zero-order chi connectivity index (χ0) is 16.8. The molecule has 0 radical (unpaired) electrons. The van der Waals surface area contributed by atoms with Gasteiger partial charge in [-0.1, -0.05) is 83.6 Å². The van der Waals surface area contributed by atoms with E-state index in [0.717, 1.165) is 11.1 Å². The fourth-order valence-electron chi connectivity index (χ4n) is 2.02. The molecule has 4 nitrogen and oxygen atoms in total. The number of aromatic nitrogens is 2. The molecule has 0 aliphatic rings. The van der Waals surface area contributed by atoms with Crippen molar-refractivity contribution < 1.29 is 4.79 Å². The predicted molar refractivity (Wildman–Crippen MR) is 97.7 cm³/mol. The lowest BCUT2D eigenvalue weighted by Crippen LogP contribution is -2.22. The largest absolute Gasteiger partial charge is 0.346 e. The van der Waals surface area contributed by atoms with E-state index in [4.69, 9.17) is 11.6 Å². The summed E-state index contributed by atoms with van der Waals surface area (Å²) in [4.78, 5) is 12.1. The molecule has 0 saturated heterocycles. The number of rotatable bonds is 5. The molecule has 0 bridgehead atoms. The van der Waals surface area contributed by atoms with Crippen LogP contribution in [0.2, 0.25) is 0 Å². The van der Waals surface area contributed by atoms with Crippen molar-refractivity contribution in [1.82, 2.24) is 15.5 Å². The van der Waals surface area contributed by atoms with E-state index in [-0.39, 0.29) is 5.91 Å². The molecule has 1 aromatic heterocycles. The fourth-order valence-corrected chi connectivity index (χ4v) is 2.97. The molecule has 0 atom stereocenters. The van der Waals surface area contributed by atoms with Crippen LogP contribution in [0, 0.1) is 0 Å². The average molecular weight is 356 g/mol. The number of nitrogens with one attached hydrogen (secondary N) is 1. The van der Waals surface area contributed by atoms with E-state index in [0.29, 0.717) is 21.6 Å².